The summed E-state index contributed by atoms with van der Waals surface area (Å²) in [5.41, 5.74) is 12.2. The van der Waals surface area contributed by atoms with Gasteiger partial charge in [-0.25, -0.2) is 27.6 Å². The van der Waals surface area contributed by atoms with Crippen LogP contribution in [0.1, 0.15) is 17.6 Å². The lowest BCUT2D eigenvalue weighted by Crippen LogP contribution is -2.44. The van der Waals surface area contributed by atoms with E-state index in [1.165, 1.54) is 19.1 Å². The minimum absolute atomic E-state index is 0.0305. The van der Waals surface area contributed by atoms with Gasteiger partial charge in [-0.3, -0.25) is 4.52 Å². The molecule has 1 aliphatic heterocycles. The number of phosphoric ester groups is 1. The van der Waals surface area contributed by atoms with Crippen molar-refractivity contribution in [3.63, 3.8) is 0 Å². The molecule has 0 amide bonds. The van der Waals surface area contributed by atoms with Crippen molar-refractivity contribution in [2.75, 3.05) is 12.3 Å². The molecule has 0 aromatic carbocycles. The van der Waals surface area contributed by atoms with Crippen LogP contribution >= 0.6 is 23.5 Å². The summed E-state index contributed by atoms with van der Waals surface area (Å²) in [6.45, 7) is 0.0576. The lowest BCUT2D eigenvalue weighted by molar-refractivity contribution is -0.106. The Labute approximate surface area is 193 Å². The van der Waals surface area contributed by atoms with Gasteiger partial charge in [0.05, 0.1) is 12.3 Å². The standard InChI is InChI=1S/C12H17FN7O12P3/c1-5-16-11(14)7-3-2-6(20(7)17-5)9-8(13)10(21)12(30-9,18-19-15)4-29-34(25,26)32-35(27,28)31-33(22,23)24/h2-3,8-10,21H,4H2,1H3,(H,25,26)(H,27,28)(H2,14,16,17)(H2,22,23,24)/t8-,9-,10-,12+/m0/s1. The highest BCUT2D eigenvalue weighted by atomic mass is 31.3. The molecule has 0 bridgehead atoms. The van der Waals surface area contributed by atoms with Crippen LogP contribution in [0.2, 0.25) is 0 Å². The quantitative estimate of drug-likeness (QED) is 0.106. The van der Waals surface area contributed by atoms with Crippen molar-refractivity contribution in [1.29, 1.82) is 0 Å². The molecule has 6 atom stereocenters. The predicted octanol–water partition coefficient (Wildman–Crippen LogP) is 0.740. The van der Waals surface area contributed by atoms with Crippen LogP contribution in [0.15, 0.2) is 17.2 Å². The molecule has 0 radical (unpaired) electrons. The summed E-state index contributed by atoms with van der Waals surface area (Å²) in [4.78, 5) is 42.3. The molecule has 0 saturated carbocycles. The van der Waals surface area contributed by atoms with Crippen molar-refractivity contribution < 1.29 is 60.6 Å². The number of aryl methyl sites for hydroxylation is 1. The Hall–Kier alpha value is -2.01. The van der Waals surface area contributed by atoms with E-state index in [2.05, 4.69) is 33.3 Å². The Balaban J connectivity index is 1.88. The highest BCUT2D eigenvalue weighted by Crippen LogP contribution is 2.66. The van der Waals surface area contributed by atoms with Crippen molar-refractivity contribution in [2.45, 2.75) is 31.0 Å². The van der Waals surface area contributed by atoms with E-state index < -0.39 is 54.2 Å². The zero-order chi connectivity index (χ0) is 26.4. The second kappa shape index (κ2) is 9.46. The Morgan fingerprint density at radius 1 is 1.29 bits per heavy atom. The van der Waals surface area contributed by atoms with Gasteiger partial charge in [0, 0.05) is 4.91 Å². The van der Waals surface area contributed by atoms with E-state index in [0.29, 0.717) is 0 Å². The largest absolute Gasteiger partial charge is 0.490 e. The monoisotopic (exact) mass is 563 g/mol. The Kier molecular flexibility index (Phi) is 7.45. The van der Waals surface area contributed by atoms with Gasteiger partial charge in [0.15, 0.2) is 17.7 Å². The van der Waals surface area contributed by atoms with E-state index in [0.717, 1.165) is 4.52 Å². The molecule has 0 aliphatic carbocycles. The minimum atomic E-state index is -5.86. The van der Waals surface area contributed by atoms with Crippen molar-refractivity contribution >= 4 is 34.8 Å². The van der Waals surface area contributed by atoms with E-state index in [1.807, 2.05) is 0 Å². The minimum Gasteiger partial charge on any atom is -0.387 e. The van der Waals surface area contributed by atoms with Gasteiger partial charge in [-0.1, -0.05) is 5.11 Å². The number of alkyl halides is 1. The maximum Gasteiger partial charge on any atom is 0.490 e. The van der Waals surface area contributed by atoms with Gasteiger partial charge in [-0.15, -0.1) is 0 Å². The molecule has 1 aliphatic rings. The van der Waals surface area contributed by atoms with Crippen molar-refractivity contribution in [3.05, 3.63) is 34.1 Å². The average Bonchev–Trinajstić information content (AvgIpc) is 3.19. The summed E-state index contributed by atoms with van der Waals surface area (Å²) < 4.78 is 67.3. The van der Waals surface area contributed by atoms with Crippen molar-refractivity contribution in [1.82, 2.24) is 14.6 Å². The summed E-state index contributed by atoms with van der Waals surface area (Å²) in [5.74, 6) is 0.224. The number of anilines is 1. The average molecular weight is 563 g/mol. The Morgan fingerprint density at radius 2 is 1.94 bits per heavy atom. The number of ether oxygens (including phenoxy) is 1. The molecule has 1 fully saturated rings. The maximum atomic E-state index is 15.1. The number of phosphoric acid groups is 3. The SMILES string of the molecule is Cc1nc(N)c2ccc([C@@H]3O[C@@](COP(=O)(O)OP(=O)(O)OP(=O)(O)O)(N=[N+]=[N-])[C@@H](O)[C@H]3F)n2n1. The maximum absolute atomic E-state index is 15.1. The number of fused-ring (bicyclic) bond motifs is 1. The van der Waals surface area contributed by atoms with Crippen LogP contribution in [0.4, 0.5) is 10.2 Å². The molecule has 3 heterocycles. The van der Waals surface area contributed by atoms with E-state index in [1.54, 1.807) is 0 Å². The van der Waals surface area contributed by atoms with E-state index in [-0.39, 0.29) is 22.9 Å². The molecule has 2 aromatic rings. The number of azide groups is 1. The van der Waals surface area contributed by atoms with Crippen LogP contribution in [0, 0.1) is 6.92 Å². The molecule has 23 heteroatoms. The first-order chi connectivity index (χ1) is 16.0. The number of aliphatic hydroxyl groups excluding tert-OH is 1. The van der Waals surface area contributed by atoms with Gasteiger partial charge in [0.25, 0.3) is 0 Å². The third-order valence-electron chi connectivity index (χ3n) is 4.41. The third kappa shape index (κ3) is 6.04. The molecule has 2 aromatic heterocycles. The van der Waals surface area contributed by atoms with E-state index in [9.17, 15) is 28.6 Å². The highest BCUT2D eigenvalue weighted by Gasteiger charge is 2.57. The molecule has 194 valence electrons. The van der Waals surface area contributed by atoms with Crippen LogP contribution in [-0.2, 0) is 31.6 Å². The van der Waals surface area contributed by atoms with Gasteiger partial charge >= 0.3 is 23.5 Å². The molecule has 2 unspecified atom stereocenters. The molecular weight excluding hydrogens is 546 g/mol. The number of aromatic nitrogens is 3. The molecule has 35 heavy (non-hydrogen) atoms. The van der Waals surface area contributed by atoms with Gasteiger partial charge in [0.1, 0.15) is 23.5 Å². The number of nitrogen functional groups attached to an aromatic ring is 1. The number of nitrogens with zero attached hydrogens (tertiary/aromatic N) is 6. The number of aliphatic hydroxyl groups is 1. The predicted molar refractivity (Wildman–Crippen MR) is 109 cm³/mol. The zero-order valence-corrected chi connectivity index (χ0v) is 19.9. The Bertz CT molecular complexity index is 1330. The van der Waals surface area contributed by atoms with Crippen molar-refractivity contribution in [2.24, 2.45) is 5.11 Å². The highest BCUT2D eigenvalue weighted by molar-refractivity contribution is 7.66. The fourth-order valence-corrected chi connectivity index (χ4v) is 6.18. The fourth-order valence-electron chi connectivity index (χ4n) is 3.14. The van der Waals surface area contributed by atoms with Gasteiger partial charge in [0.2, 0.25) is 0 Å². The topological polar surface area (TPSA) is 294 Å². The Morgan fingerprint density at radius 3 is 2.54 bits per heavy atom. The van der Waals surface area contributed by atoms with Crippen LogP contribution in [0.25, 0.3) is 16.0 Å². The first-order valence-corrected chi connectivity index (χ1v) is 13.5. The molecule has 7 N–H and O–H groups in total. The second-order valence-electron chi connectivity index (χ2n) is 6.93. The number of hydrogen-bond donors (Lipinski definition) is 6. The molecular formula is C12H17FN7O12P3. The van der Waals surface area contributed by atoms with Crippen molar-refractivity contribution in [3.8, 4) is 0 Å². The molecule has 1 saturated heterocycles. The third-order valence-corrected chi connectivity index (χ3v) is 8.20. The lowest BCUT2D eigenvalue weighted by atomic mass is 10.0. The summed E-state index contributed by atoms with van der Waals surface area (Å²) in [6, 6.07) is 2.73. The number of nitrogens with two attached hydrogens (primary N) is 1. The van der Waals surface area contributed by atoms with Crippen LogP contribution < -0.4 is 5.73 Å². The zero-order valence-electron chi connectivity index (χ0n) is 17.2. The van der Waals surface area contributed by atoms with Gasteiger partial charge in [-0.2, -0.15) is 13.7 Å². The second-order valence-corrected chi connectivity index (χ2v) is 11.3. The van der Waals surface area contributed by atoms with E-state index in [4.69, 9.17) is 25.8 Å². The number of hydrogen-bond acceptors (Lipinski definition) is 12. The molecule has 3 rings (SSSR count). The molecule has 0 spiro atoms. The van der Waals surface area contributed by atoms with Gasteiger partial charge < -0.3 is 35.2 Å². The lowest BCUT2D eigenvalue weighted by Gasteiger charge is -2.27. The molecule has 19 nitrogen and oxygen atoms in total. The fraction of sp³-hybridized carbons (Fsp3) is 0.500. The normalized spacial score (nSPS) is 28.4. The number of halogens is 1. The van der Waals surface area contributed by atoms with Crippen LogP contribution in [0.3, 0.4) is 0 Å². The first-order valence-electron chi connectivity index (χ1n) is 8.95. The summed E-state index contributed by atoms with van der Waals surface area (Å²) in [5, 5.41) is 17.6. The van der Waals surface area contributed by atoms with Gasteiger partial charge in [-0.05, 0) is 24.6 Å². The van der Waals surface area contributed by atoms with Crippen LogP contribution in [0.5, 0.6) is 0 Å². The first kappa shape index (κ1) is 27.6. The number of rotatable bonds is 9. The summed E-state index contributed by atoms with van der Waals surface area (Å²) in [7, 11) is -17.2. The summed E-state index contributed by atoms with van der Waals surface area (Å²) in [6.07, 6.45) is -6.35. The smallest absolute Gasteiger partial charge is 0.387 e. The van der Waals surface area contributed by atoms with E-state index >= 15 is 4.39 Å². The van der Waals surface area contributed by atoms with Crippen LogP contribution in [-0.4, -0.2) is 63.9 Å². The summed E-state index contributed by atoms with van der Waals surface area (Å²) >= 11 is 0.